The lowest BCUT2D eigenvalue weighted by atomic mass is 10.2. The molecular formula is C15H12BrNO6S. The Bertz CT molecular complexity index is 893. The molecule has 0 unspecified atom stereocenters. The van der Waals surface area contributed by atoms with Crippen molar-refractivity contribution in [1.29, 1.82) is 0 Å². The summed E-state index contributed by atoms with van der Waals surface area (Å²) in [5, 5.41) is 11.4. The van der Waals surface area contributed by atoms with Gasteiger partial charge in [0.2, 0.25) is 5.91 Å². The number of carboxylic acid groups (broad SMARTS) is 1. The quantitative estimate of drug-likeness (QED) is 0.729. The molecule has 9 heteroatoms. The summed E-state index contributed by atoms with van der Waals surface area (Å²) in [7, 11) is -4.10. The highest BCUT2D eigenvalue weighted by Crippen LogP contribution is 2.29. The first-order valence-electron chi connectivity index (χ1n) is 6.54. The average Bonchev–Trinajstić information content (AvgIpc) is 2.49. The molecule has 2 aromatic carbocycles. The highest BCUT2D eigenvalue weighted by molar-refractivity contribution is 9.10. The number of hydrogen-bond donors (Lipinski definition) is 2. The summed E-state index contributed by atoms with van der Waals surface area (Å²) in [5.74, 6) is -1.45. The lowest BCUT2D eigenvalue weighted by Crippen LogP contribution is -2.11. The van der Waals surface area contributed by atoms with Crippen molar-refractivity contribution < 1.29 is 27.3 Å². The first-order chi connectivity index (χ1) is 11.2. The van der Waals surface area contributed by atoms with Crippen LogP contribution in [0.4, 0.5) is 5.69 Å². The molecule has 0 saturated heterocycles. The molecule has 0 heterocycles. The second-order valence-electron chi connectivity index (χ2n) is 4.69. The van der Waals surface area contributed by atoms with Crippen LogP contribution in [0.2, 0.25) is 0 Å². The van der Waals surface area contributed by atoms with E-state index in [0.717, 1.165) is 0 Å². The second-order valence-corrected chi connectivity index (χ2v) is 7.09. The minimum absolute atomic E-state index is 0.00807. The predicted octanol–water partition coefficient (Wildman–Crippen LogP) is 2.87. The number of carbonyl (C=O) groups is 2. The van der Waals surface area contributed by atoms with Crippen LogP contribution in [0.15, 0.2) is 51.8 Å². The Kier molecular flexibility index (Phi) is 5.25. The van der Waals surface area contributed by atoms with E-state index in [-0.39, 0.29) is 26.6 Å². The van der Waals surface area contributed by atoms with Gasteiger partial charge in [-0.3, -0.25) is 4.79 Å². The minimum Gasteiger partial charge on any atom is -0.478 e. The van der Waals surface area contributed by atoms with E-state index in [1.165, 1.54) is 49.4 Å². The Labute approximate surface area is 146 Å². The topological polar surface area (TPSA) is 110 Å². The first-order valence-corrected chi connectivity index (χ1v) is 8.74. The highest BCUT2D eigenvalue weighted by Gasteiger charge is 2.19. The Morgan fingerprint density at radius 2 is 1.75 bits per heavy atom. The van der Waals surface area contributed by atoms with Gasteiger partial charge in [0.25, 0.3) is 0 Å². The van der Waals surface area contributed by atoms with Gasteiger partial charge in [0, 0.05) is 12.6 Å². The van der Waals surface area contributed by atoms with Gasteiger partial charge in [-0.1, -0.05) is 0 Å². The van der Waals surface area contributed by atoms with Gasteiger partial charge in [-0.15, -0.1) is 0 Å². The number of nitrogens with one attached hydrogen (secondary N) is 1. The number of halogens is 1. The summed E-state index contributed by atoms with van der Waals surface area (Å²) in [4.78, 5) is 21.7. The zero-order valence-corrected chi connectivity index (χ0v) is 14.7. The fraction of sp³-hybridized carbons (Fsp3) is 0.0667. The third kappa shape index (κ3) is 4.33. The van der Waals surface area contributed by atoms with Crippen molar-refractivity contribution in [3.05, 3.63) is 52.5 Å². The van der Waals surface area contributed by atoms with Gasteiger partial charge < -0.3 is 14.6 Å². The van der Waals surface area contributed by atoms with Crippen LogP contribution < -0.4 is 9.50 Å². The van der Waals surface area contributed by atoms with E-state index in [1.807, 2.05) is 0 Å². The lowest BCUT2D eigenvalue weighted by Gasteiger charge is -2.10. The fourth-order valence-electron chi connectivity index (χ4n) is 1.78. The van der Waals surface area contributed by atoms with Crippen molar-refractivity contribution in [3.63, 3.8) is 0 Å². The molecule has 0 fully saturated rings. The molecule has 0 aromatic heterocycles. The van der Waals surface area contributed by atoms with Crippen LogP contribution in [-0.4, -0.2) is 25.4 Å². The Morgan fingerprint density at radius 3 is 2.25 bits per heavy atom. The summed E-state index contributed by atoms with van der Waals surface area (Å²) in [6, 6.07) is 9.17. The minimum atomic E-state index is -4.10. The zero-order valence-electron chi connectivity index (χ0n) is 12.3. The van der Waals surface area contributed by atoms with Crippen LogP contribution in [0, 0.1) is 0 Å². The molecule has 2 aromatic rings. The van der Waals surface area contributed by atoms with E-state index in [1.54, 1.807) is 0 Å². The van der Waals surface area contributed by atoms with Crippen molar-refractivity contribution in [2.45, 2.75) is 11.8 Å². The standard InChI is InChI=1S/C15H12BrNO6S/c1-9(18)17-11-3-5-12(6-4-11)24(21,22)23-14-7-2-10(15(19)20)8-13(14)16/h2-8H,1H3,(H,17,18)(H,19,20). The molecule has 7 nitrogen and oxygen atoms in total. The molecule has 0 spiro atoms. The molecular weight excluding hydrogens is 402 g/mol. The molecule has 0 aliphatic carbocycles. The number of carboxylic acids is 1. The highest BCUT2D eigenvalue weighted by atomic mass is 79.9. The molecule has 0 atom stereocenters. The smallest absolute Gasteiger partial charge is 0.339 e. The summed E-state index contributed by atoms with van der Waals surface area (Å²) in [6.07, 6.45) is 0. The Balaban J connectivity index is 2.25. The molecule has 0 bridgehead atoms. The van der Waals surface area contributed by atoms with Crippen LogP contribution in [0.1, 0.15) is 17.3 Å². The number of aromatic carboxylic acids is 1. The molecule has 0 aliphatic heterocycles. The van der Waals surface area contributed by atoms with E-state index in [4.69, 9.17) is 9.29 Å². The largest absolute Gasteiger partial charge is 0.478 e. The van der Waals surface area contributed by atoms with Crippen LogP contribution in [0.25, 0.3) is 0 Å². The third-order valence-electron chi connectivity index (χ3n) is 2.84. The van der Waals surface area contributed by atoms with Gasteiger partial charge in [-0.25, -0.2) is 4.79 Å². The van der Waals surface area contributed by atoms with E-state index in [9.17, 15) is 18.0 Å². The number of anilines is 1. The SMILES string of the molecule is CC(=O)Nc1ccc(S(=O)(=O)Oc2ccc(C(=O)O)cc2Br)cc1. The van der Waals surface area contributed by atoms with Crippen molar-refractivity contribution in [2.24, 2.45) is 0 Å². The van der Waals surface area contributed by atoms with Gasteiger partial charge in [-0.2, -0.15) is 8.42 Å². The molecule has 2 N–H and O–H groups in total. The van der Waals surface area contributed by atoms with Crippen molar-refractivity contribution in [2.75, 3.05) is 5.32 Å². The number of carbonyl (C=O) groups excluding carboxylic acids is 1. The summed E-state index contributed by atoms with van der Waals surface area (Å²) in [6.45, 7) is 1.34. The van der Waals surface area contributed by atoms with Crippen molar-refractivity contribution >= 4 is 43.6 Å². The monoisotopic (exact) mass is 413 g/mol. The maximum Gasteiger partial charge on any atom is 0.339 e. The van der Waals surface area contributed by atoms with Crippen LogP contribution >= 0.6 is 15.9 Å². The molecule has 0 aliphatic rings. The average molecular weight is 414 g/mol. The van der Waals surface area contributed by atoms with E-state index in [2.05, 4.69) is 21.2 Å². The van der Waals surface area contributed by atoms with Crippen LogP contribution in [0.3, 0.4) is 0 Å². The zero-order chi connectivity index (χ0) is 17.9. The summed E-state index contributed by atoms with van der Waals surface area (Å²) < 4.78 is 29.7. The molecule has 24 heavy (non-hydrogen) atoms. The molecule has 2 rings (SSSR count). The number of benzene rings is 2. The van der Waals surface area contributed by atoms with Gasteiger partial charge in [0.15, 0.2) is 5.75 Å². The molecule has 0 radical (unpaired) electrons. The Hall–Kier alpha value is -2.39. The van der Waals surface area contributed by atoms with Crippen LogP contribution in [-0.2, 0) is 14.9 Å². The second kappa shape index (κ2) is 7.02. The van der Waals surface area contributed by atoms with Gasteiger partial charge in [-0.05, 0) is 58.4 Å². The lowest BCUT2D eigenvalue weighted by molar-refractivity contribution is -0.114. The molecule has 1 amide bonds. The van der Waals surface area contributed by atoms with E-state index < -0.39 is 16.1 Å². The third-order valence-corrected chi connectivity index (χ3v) is 4.71. The fourth-order valence-corrected chi connectivity index (χ4v) is 3.29. The van der Waals surface area contributed by atoms with Gasteiger partial charge in [0.05, 0.1) is 10.0 Å². The summed E-state index contributed by atoms with van der Waals surface area (Å²) in [5.41, 5.74) is 0.444. The van der Waals surface area contributed by atoms with Crippen LogP contribution in [0.5, 0.6) is 5.75 Å². The predicted molar refractivity (Wildman–Crippen MR) is 89.7 cm³/mol. The number of amides is 1. The maximum atomic E-state index is 12.3. The van der Waals surface area contributed by atoms with Gasteiger partial charge >= 0.3 is 16.1 Å². The number of hydrogen-bond acceptors (Lipinski definition) is 5. The summed E-state index contributed by atoms with van der Waals surface area (Å²) >= 11 is 3.08. The van der Waals surface area contributed by atoms with E-state index in [0.29, 0.717) is 5.69 Å². The first kappa shape index (κ1) is 18.0. The van der Waals surface area contributed by atoms with Crippen molar-refractivity contribution in [3.8, 4) is 5.75 Å². The van der Waals surface area contributed by atoms with Gasteiger partial charge in [0.1, 0.15) is 4.90 Å². The number of rotatable bonds is 5. The normalized spacial score (nSPS) is 10.9. The maximum absolute atomic E-state index is 12.3. The van der Waals surface area contributed by atoms with Crippen molar-refractivity contribution in [1.82, 2.24) is 0 Å². The van der Waals surface area contributed by atoms with E-state index >= 15 is 0 Å². The molecule has 126 valence electrons. The Morgan fingerprint density at radius 1 is 1.12 bits per heavy atom. The molecule has 0 saturated carbocycles.